The van der Waals surface area contributed by atoms with Gasteiger partial charge in [-0.05, 0) is 36.0 Å². The highest BCUT2D eigenvalue weighted by Gasteiger charge is 2.29. The minimum Gasteiger partial charge on any atom is -0.477 e. The Hall–Kier alpha value is -2.60. The van der Waals surface area contributed by atoms with Crippen molar-refractivity contribution in [3.8, 4) is 11.3 Å². The first-order valence-corrected chi connectivity index (χ1v) is 10.1. The highest BCUT2D eigenvalue weighted by Crippen LogP contribution is 2.46. The molecule has 0 bridgehead atoms. The standard InChI is InChI=1S/C21H22N2O3S/c22-17(24)12-23-15-11-16(21(25)26)27-20(15)18(13-7-3-1-4-8-13)19(23)14-9-5-2-6-10-14/h2,5-6,9-11,13H,1,3-4,7-8,12H2,(H2,22,24)(H,25,26). The van der Waals surface area contributed by atoms with Crippen molar-refractivity contribution < 1.29 is 14.7 Å². The molecule has 0 unspecified atom stereocenters. The van der Waals surface area contributed by atoms with Crippen LogP contribution >= 0.6 is 11.3 Å². The monoisotopic (exact) mass is 382 g/mol. The number of hydrogen-bond donors (Lipinski definition) is 2. The summed E-state index contributed by atoms with van der Waals surface area (Å²) >= 11 is 1.31. The van der Waals surface area contributed by atoms with E-state index in [1.807, 2.05) is 34.9 Å². The Morgan fingerprint density at radius 2 is 1.85 bits per heavy atom. The minimum atomic E-state index is -0.933. The molecule has 2 heterocycles. The van der Waals surface area contributed by atoms with Crippen molar-refractivity contribution in [3.63, 3.8) is 0 Å². The van der Waals surface area contributed by atoms with Crippen molar-refractivity contribution >= 4 is 33.4 Å². The number of hydrogen-bond acceptors (Lipinski definition) is 3. The van der Waals surface area contributed by atoms with Crippen molar-refractivity contribution in [1.29, 1.82) is 0 Å². The Kier molecular flexibility index (Phi) is 4.74. The van der Waals surface area contributed by atoms with Gasteiger partial charge in [0, 0.05) is 0 Å². The van der Waals surface area contributed by atoms with Crippen LogP contribution in [0.15, 0.2) is 36.4 Å². The first-order chi connectivity index (χ1) is 13.1. The fraction of sp³-hybridized carbons (Fsp3) is 0.333. The summed E-state index contributed by atoms with van der Waals surface area (Å²) in [6, 6.07) is 11.7. The van der Waals surface area contributed by atoms with Crippen LogP contribution in [0.3, 0.4) is 0 Å². The van der Waals surface area contributed by atoms with Gasteiger partial charge in [0.05, 0.1) is 15.9 Å². The second-order valence-electron chi connectivity index (χ2n) is 7.15. The quantitative estimate of drug-likeness (QED) is 0.676. The molecule has 0 saturated heterocycles. The van der Waals surface area contributed by atoms with Gasteiger partial charge in [0.15, 0.2) is 0 Å². The fourth-order valence-electron chi connectivity index (χ4n) is 4.25. The molecule has 0 atom stereocenters. The number of primary amides is 1. The number of carboxylic acid groups (broad SMARTS) is 1. The number of thiophene rings is 1. The SMILES string of the molecule is NC(=O)Cn1c(-c2ccccc2)c(C2CCCCC2)c2sc(C(=O)O)cc21. The van der Waals surface area contributed by atoms with E-state index in [1.165, 1.54) is 36.2 Å². The Morgan fingerprint density at radius 3 is 2.48 bits per heavy atom. The zero-order valence-corrected chi connectivity index (χ0v) is 15.8. The highest BCUT2D eigenvalue weighted by molar-refractivity contribution is 7.21. The second-order valence-corrected chi connectivity index (χ2v) is 8.20. The van der Waals surface area contributed by atoms with E-state index in [1.54, 1.807) is 6.07 Å². The molecule has 27 heavy (non-hydrogen) atoms. The number of nitrogens with two attached hydrogens (primary N) is 1. The summed E-state index contributed by atoms with van der Waals surface area (Å²) in [5, 5.41) is 9.47. The van der Waals surface area contributed by atoms with E-state index >= 15 is 0 Å². The van der Waals surface area contributed by atoms with Gasteiger partial charge in [-0.25, -0.2) is 4.79 Å². The predicted octanol–water partition coefficient (Wildman–Crippen LogP) is 4.60. The molecule has 2 aromatic heterocycles. The summed E-state index contributed by atoms with van der Waals surface area (Å²) in [5.74, 6) is -0.981. The molecule has 1 aromatic carbocycles. The highest BCUT2D eigenvalue weighted by atomic mass is 32.1. The number of amides is 1. The number of fused-ring (bicyclic) bond motifs is 1. The lowest BCUT2D eigenvalue weighted by atomic mass is 9.83. The van der Waals surface area contributed by atoms with Crippen LogP contribution in [0.2, 0.25) is 0 Å². The third-order valence-corrected chi connectivity index (χ3v) is 6.50. The van der Waals surface area contributed by atoms with Gasteiger partial charge < -0.3 is 15.4 Å². The lowest BCUT2D eigenvalue weighted by Gasteiger charge is -2.23. The predicted molar refractivity (Wildman–Crippen MR) is 107 cm³/mol. The second kappa shape index (κ2) is 7.19. The smallest absolute Gasteiger partial charge is 0.345 e. The average Bonchev–Trinajstić information content (AvgIpc) is 3.21. The molecule has 3 N–H and O–H groups in total. The summed E-state index contributed by atoms with van der Waals surface area (Å²) < 4.78 is 2.90. The van der Waals surface area contributed by atoms with E-state index in [0.29, 0.717) is 10.8 Å². The van der Waals surface area contributed by atoms with Gasteiger partial charge in [-0.2, -0.15) is 0 Å². The number of nitrogens with zero attached hydrogens (tertiary/aromatic N) is 1. The molecular weight excluding hydrogens is 360 g/mol. The van der Waals surface area contributed by atoms with Crippen molar-refractivity contribution in [2.75, 3.05) is 0 Å². The van der Waals surface area contributed by atoms with Gasteiger partial charge in [-0.15, -0.1) is 11.3 Å². The van der Waals surface area contributed by atoms with Crippen molar-refractivity contribution in [3.05, 3.63) is 46.8 Å². The molecule has 0 aliphatic heterocycles. The minimum absolute atomic E-state index is 0.0449. The maximum atomic E-state index is 11.8. The largest absolute Gasteiger partial charge is 0.477 e. The number of rotatable bonds is 5. The summed E-state index contributed by atoms with van der Waals surface area (Å²) in [7, 11) is 0. The van der Waals surface area contributed by atoms with E-state index in [2.05, 4.69) is 0 Å². The molecule has 3 aromatic rings. The topological polar surface area (TPSA) is 85.3 Å². The first kappa shape index (κ1) is 17.8. The summed E-state index contributed by atoms with van der Waals surface area (Å²) in [5.41, 5.74) is 9.59. The van der Waals surface area contributed by atoms with Crippen LogP contribution < -0.4 is 5.73 Å². The van der Waals surface area contributed by atoms with Gasteiger partial charge in [0.1, 0.15) is 11.4 Å². The molecule has 1 aliphatic carbocycles. The number of aromatic nitrogens is 1. The van der Waals surface area contributed by atoms with Gasteiger partial charge in [-0.3, -0.25) is 4.79 Å². The number of aromatic carboxylic acids is 1. The van der Waals surface area contributed by atoms with E-state index in [9.17, 15) is 14.7 Å². The third-order valence-electron chi connectivity index (χ3n) is 5.36. The van der Waals surface area contributed by atoms with Crippen LogP contribution in [-0.4, -0.2) is 21.6 Å². The number of carbonyl (C=O) groups excluding carboxylic acids is 1. The van der Waals surface area contributed by atoms with Crippen LogP contribution in [0, 0.1) is 0 Å². The van der Waals surface area contributed by atoms with Gasteiger partial charge in [-0.1, -0.05) is 49.6 Å². The maximum absolute atomic E-state index is 11.8. The molecule has 1 aliphatic rings. The first-order valence-electron chi connectivity index (χ1n) is 9.29. The van der Waals surface area contributed by atoms with E-state index < -0.39 is 11.9 Å². The van der Waals surface area contributed by atoms with Crippen molar-refractivity contribution in [2.45, 2.75) is 44.6 Å². The van der Waals surface area contributed by atoms with E-state index in [-0.39, 0.29) is 6.54 Å². The van der Waals surface area contributed by atoms with E-state index in [0.717, 1.165) is 34.3 Å². The zero-order valence-electron chi connectivity index (χ0n) is 15.0. The van der Waals surface area contributed by atoms with Gasteiger partial charge in [0.25, 0.3) is 0 Å². The van der Waals surface area contributed by atoms with Crippen molar-refractivity contribution in [1.82, 2.24) is 4.57 Å². The van der Waals surface area contributed by atoms with E-state index in [4.69, 9.17) is 5.73 Å². The van der Waals surface area contributed by atoms with Crippen molar-refractivity contribution in [2.24, 2.45) is 5.73 Å². The summed E-state index contributed by atoms with van der Waals surface area (Å²) in [6.07, 6.45) is 5.79. The zero-order chi connectivity index (χ0) is 19.0. The van der Waals surface area contributed by atoms with Crippen LogP contribution in [-0.2, 0) is 11.3 Å². The molecule has 1 amide bonds. The Morgan fingerprint density at radius 1 is 1.15 bits per heavy atom. The number of carboxylic acids is 1. The maximum Gasteiger partial charge on any atom is 0.345 e. The summed E-state index contributed by atoms with van der Waals surface area (Å²) in [4.78, 5) is 23.7. The molecule has 0 radical (unpaired) electrons. The normalized spacial score (nSPS) is 15.3. The Balaban J connectivity index is 2.02. The molecule has 0 spiro atoms. The third kappa shape index (κ3) is 3.25. The molecule has 6 heteroatoms. The Bertz CT molecular complexity index is 998. The lowest BCUT2D eigenvalue weighted by Crippen LogP contribution is -2.19. The number of benzene rings is 1. The molecular formula is C21H22N2O3S. The van der Waals surface area contributed by atoms with Crippen LogP contribution in [0.1, 0.15) is 53.3 Å². The fourth-order valence-corrected chi connectivity index (χ4v) is 5.38. The van der Waals surface area contributed by atoms with Gasteiger partial charge in [0.2, 0.25) is 5.91 Å². The van der Waals surface area contributed by atoms with Crippen LogP contribution in [0.4, 0.5) is 0 Å². The Labute approximate surface area is 161 Å². The molecule has 4 rings (SSSR count). The van der Waals surface area contributed by atoms with Gasteiger partial charge >= 0.3 is 5.97 Å². The number of carbonyl (C=O) groups is 2. The molecule has 5 nitrogen and oxygen atoms in total. The summed E-state index contributed by atoms with van der Waals surface area (Å²) in [6.45, 7) is 0.0449. The van der Waals surface area contributed by atoms with Crippen LogP contribution in [0.5, 0.6) is 0 Å². The lowest BCUT2D eigenvalue weighted by molar-refractivity contribution is -0.118. The molecule has 1 fully saturated rings. The molecule has 140 valence electrons. The average molecular weight is 382 g/mol. The van der Waals surface area contributed by atoms with Crippen LogP contribution in [0.25, 0.3) is 21.5 Å². The molecule has 1 saturated carbocycles.